The van der Waals surface area contributed by atoms with Crippen LogP contribution in [0.15, 0.2) is 30.3 Å². The fourth-order valence-corrected chi connectivity index (χ4v) is 1.08. The van der Waals surface area contributed by atoms with Crippen molar-refractivity contribution in [2.45, 2.75) is 0 Å². The first-order valence-corrected chi connectivity index (χ1v) is 5.63. The molecule has 0 unspecified atom stereocenters. The zero-order valence-corrected chi connectivity index (χ0v) is 8.48. The van der Waals surface area contributed by atoms with Crippen LogP contribution in [0.25, 0.3) is 0 Å². The van der Waals surface area contributed by atoms with Crippen LogP contribution in [0, 0.1) is 6.61 Å². The van der Waals surface area contributed by atoms with Gasteiger partial charge in [-0.3, -0.25) is 4.55 Å². The second kappa shape index (κ2) is 4.90. The summed E-state index contributed by atoms with van der Waals surface area (Å²) in [5, 5.41) is 0. The van der Waals surface area contributed by atoms with E-state index in [0.29, 0.717) is 5.56 Å². The Morgan fingerprint density at radius 1 is 1.33 bits per heavy atom. The molecule has 0 bridgehead atoms. The van der Waals surface area contributed by atoms with Crippen molar-refractivity contribution in [1.29, 1.82) is 0 Å². The minimum absolute atomic E-state index is 0.309. The van der Waals surface area contributed by atoms with E-state index in [2.05, 4.69) is 4.74 Å². The van der Waals surface area contributed by atoms with E-state index in [1.807, 2.05) is 0 Å². The van der Waals surface area contributed by atoms with Crippen molar-refractivity contribution in [3.8, 4) is 0 Å². The van der Waals surface area contributed by atoms with Crippen molar-refractivity contribution < 1.29 is 22.5 Å². The molecule has 1 radical (unpaired) electrons. The van der Waals surface area contributed by atoms with Gasteiger partial charge in [-0.15, -0.1) is 0 Å². The molecule has 1 aromatic rings. The van der Waals surface area contributed by atoms with E-state index in [9.17, 15) is 13.2 Å². The molecule has 0 aliphatic heterocycles. The average Bonchev–Trinajstić information content (AvgIpc) is 2.17. The Morgan fingerprint density at radius 3 is 2.47 bits per heavy atom. The molecule has 0 aromatic heterocycles. The van der Waals surface area contributed by atoms with Gasteiger partial charge >= 0.3 is 5.97 Å². The Kier molecular flexibility index (Phi) is 3.81. The molecule has 0 saturated carbocycles. The average molecular weight is 229 g/mol. The molecule has 0 heterocycles. The highest BCUT2D eigenvalue weighted by Gasteiger charge is 2.10. The maximum atomic E-state index is 11.2. The highest BCUT2D eigenvalue weighted by molar-refractivity contribution is 7.85. The molecule has 81 valence electrons. The summed E-state index contributed by atoms with van der Waals surface area (Å²) in [6.45, 7) is 0.741. The standard InChI is InChI=1S/C9H9O5S/c10-9(8-4-2-1-3-5-8)14-6-7-15(11,12)13/h1-6H,7H2,(H,11,12,13). The van der Waals surface area contributed by atoms with Gasteiger partial charge in [0.05, 0.1) is 5.56 Å². The Morgan fingerprint density at radius 2 is 1.93 bits per heavy atom. The molecule has 0 aliphatic rings. The van der Waals surface area contributed by atoms with E-state index >= 15 is 0 Å². The lowest BCUT2D eigenvalue weighted by atomic mass is 10.2. The molecule has 0 saturated heterocycles. The highest BCUT2D eigenvalue weighted by Crippen LogP contribution is 2.02. The smallest absolute Gasteiger partial charge is 0.338 e. The first kappa shape index (κ1) is 11.7. The van der Waals surface area contributed by atoms with Crippen molar-refractivity contribution in [1.82, 2.24) is 0 Å². The lowest BCUT2D eigenvalue weighted by Gasteiger charge is -2.01. The maximum Gasteiger partial charge on any atom is 0.338 e. The summed E-state index contributed by atoms with van der Waals surface area (Å²) in [5.74, 6) is -1.38. The first-order valence-electron chi connectivity index (χ1n) is 4.02. The second-order valence-corrected chi connectivity index (χ2v) is 4.18. The fraction of sp³-hybridized carbons (Fsp3) is 0.111. The second-order valence-electron chi connectivity index (χ2n) is 2.69. The minimum Gasteiger partial charge on any atom is -0.454 e. The Bertz CT molecular complexity index is 423. The number of carbonyl (C=O) groups is 1. The number of esters is 1. The van der Waals surface area contributed by atoms with E-state index in [1.165, 1.54) is 12.1 Å². The lowest BCUT2D eigenvalue weighted by Crippen LogP contribution is -2.10. The van der Waals surface area contributed by atoms with Gasteiger partial charge in [0.15, 0.2) is 6.61 Å². The normalized spacial score (nSPS) is 11.0. The molecule has 6 heteroatoms. The zero-order valence-electron chi connectivity index (χ0n) is 7.66. The van der Waals surface area contributed by atoms with Gasteiger partial charge in [-0.05, 0) is 12.1 Å². The van der Waals surface area contributed by atoms with Gasteiger partial charge < -0.3 is 4.74 Å². The summed E-state index contributed by atoms with van der Waals surface area (Å²) in [4.78, 5) is 11.2. The summed E-state index contributed by atoms with van der Waals surface area (Å²) in [5.41, 5.74) is 0.309. The van der Waals surface area contributed by atoms with Crippen LogP contribution in [-0.4, -0.2) is 24.7 Å². The molecule has 1 rings (SSSR count). The number of hydrogen-bond acceptors (Lipinski definition) is 4. The third kappa shape index (κ3) is 4.57. The molecule has 0 aliphatic carbocycles. The van der Waals surface area contributed by atoms with Crippen LogP contribution >= 0.6 is 0 Å². The number of carbonyl (C=O) groups excluding carboxylic acids is 1. The minimum atomic E-state index is -4.13. The molecule has 0 spiro atoms. The summed E-state index contributed by atoms with van der Waals surface area (Å²) in [7, 11) is -4.13. The van der Waals surface area contributed by atoms with Crippen molar-refractivity contribution in [3.05, 3.63) is 42.5 Å². The van der Waals surface area contributed by atoms with Crippen LogP contribution in [0.5, 0.6) is 0 Å². The molecule has 1 aromatic carbocycles. The molecule has 0 atom stereocenters. The van der Waals surface area contributed by atoms with Crippen LogP contribution < -0.4 is 0 Å². The molecular weight excluding hydrogens is 220 g/mol. The Balaban J connectivity index is 2.45. The topological polar surface area (TPSA) is 80.7 Å². The van der Waals surface area contributed by atoms with Gasteiger partial charge in [-0.25, -0.2) is 4.79 Å². The predicted octanol–water partition coefficient (Wildman–Crippen LogP) is 0.893. The van der Waals surface area contributed by atoms with Crippen LogP contribution in [0.3, 0.4) is 0 Å². The van der Waals surface area contributed by atoms with Crippen LogP contribution in [0.2, 0.25) is 0 Å². The van der Waals surface area contributed by atoms with Gasteiger partial charge in [-0.1, -0.05) is 18.2 Å². The quantitative estimate of drug-likeness (QED) is 0.612. The van der Waals surface area contributed by atoms with Gasteiger partial charge in [-0.2, -0.15) is 8.42 Å². The van der Waals surface area contributed by atoms with E-state index in [-0.39, 0.29) is 0 Å². The molecule has 1 N–H and O–H groups in total. The number of ether oxygens (including phenoxy) is 1. The van der Waals surface area contributed by atoms with Crippen LogP contribution in [-0.2, 0) is 14.9 Å². The molecular formula is C9H9O5S. The van der Waals surface area contributed by atoms with Gasteiger partial charge in [0, 0.05) is 0 Å². The van der Waals surface area contributed by atoms with Crippen LogP contribution in [0.1, 0.15) is 10.4 Å². The van der Waals surface area contributed by atoms with Gasteiger partial charge in [0.2, 0.25) is 0 Å². The summed E-state index contributed by atoms with van der Waals surface area (Å²) in [6, 6.07) is 8.10. The third-order valence-electron chi connectivity index (χ3n) is 1.48. The van der Waals surface area contributed by atoms with Gasteiger partial charge in [0.25, 0.3) is 10.1 Å². The Labute approximate surface area is 87.4 Å². The van der Waals surface area contributed by atoms with Gasteiger partial charge in [0.1, 0.15) is 5.75 Å². The monoisotopic (exact) mass is 229 g/mol. The van der Waals surface area contributed by atoms with E-state index in [1.54, 1.807) is 18.2 Å². The summed E-state index contributed by atoms with van der Waals surface area (Å²) >= 11 is 0. The Hall–Kier alpha value is -1.40. The first-order chi connectivity index (χ1) is 6.99. The highest BCUT2D eigenvalue weighted by atomic mass is 32.2. The van der Waals surface area contributed by atoms with E-state index in [0.717, 1.165) is 6.61 Å². The molecule has 5 nitrogen and oxygen atoms in total. The molecule has 0 fully saturated rings. The molecule has 15 heavy (non-hydrogen) atoms. The van der Waals surface area contributed by atoms with Crippen molar-refractivity contribution in [2.75, 3.05) is 5.75 Å². The van der Waals surface area contributed by atoms with Crippen molar-refractivity contribution >= 4 is 16.1 Å². The summed E-state index contributed by atoms with van der Waals surface area (Å²) in [6.07, 6.45) is 0. The third-order valence-corrected chi connectivity index (χ3v) is 2.04. The predicted molar refractivity (Wildman–Crippen MR) is 52.6 cm³/mol. The largest absolute Gasteiger partial charge is 0.454 e. The maximum absolute atomic E-state index is 11.2. The fourth-order valence-electron chi connectivity index (χ4n) is 0.838. The number of benzene rings is 1. The van der Waals surface area contributed by atoms with Crippen molar-refractivity contribution in [3.63, 3.8) is 0 Å². The lowest BCUT2D eigenvalue weighted by molar-refractivity contribution is 0.0613. The van der Waals surface area contributed by atoms with E-state index < -0.39 is 21.8 Å². The number of hydrogen-bond donors (Lipinski definition) is 1. The van der Waals surface area contributed by atoms with E-state index in [4.69, 9.17) is 4.55 Å². The zero-order chi connectivity index (χ0) is 11.3. The van der Waals surface area contributed by atoms with Crippen molar-refractivity contribution in [2.24, 2.45) is 0 Å². The van der Waals surface area contributed by atoms with Crippen LogP contribution in [0.4, 0.5) is 0 Å². The SMILES string of the molecule is O=C(O[CH]CS(=O)(=O)O)c1ccccc1. The number of rotatable bonds is 4. The summed E-state index contributed by atoms with van der Waals surface area (Å²) < 4.78 is 33.4. The molecule has 0 amide bonds.